The Kier molecular flexibility index (Phi) is 10.1. The van der Waals surface area contributed by atoms with Crippen molar-refractivity contribution in [1.29, 1.82) is 0 Å². The summed E-state index contributed by atoms with van der Waals surface area (Å²) in [6, 6.07) is 7.83. The van der Waals surface area contributed by atoms with Crippen LogP contribution < -0.4 is 20.1 Å². The Hall–Kier alpha value is -2.43. The second-order valence-electron chi connectivity index (χ2n) is 7.59. The second-order valence-corrected chi connectivity index (χ2v) is 7.59. The number of carbonyl (C=O) groups is 1. The first-order valence-electron chi connectivity index (χ1n) is 10.6. The number of ether oxygens (including phenoxy) is 2. The quantitative estimate of drug-likeness (QED) is 0.224. The minimum atomic E-state index is -0.178. The fourth-order valence-electron chi connectivity index (χ4n) is 3.80. The molecule has 1 saturated heterocycles. The number of guanidine groups is 1. The maximum atomic E-state index is 12.1. The molecule has 32 heavy (non-hydrogen) atoms. The van der Waals surface area contributed by atoms with Crippen molar-refractivity contribution < 1.29 is 18.7 Å². The topological polar surface area (TPSA) is 88.3 Å². The van der Waals surface area contributed by atoms with E-state index in [0.717, 1.165) is 55.5 Å². The summed E-state index contributed by atoms with van der Waals surface area (Å²) in [6.45, 7) is 4.95. The molecule has 1 amide bonds. The molecule has 1 unspecified atom stereocenters. The number of hydrogen-bond donors (Lipinski definition) is 2. The van der Waals surface area contributed by atoms with Crippen LogP contribution in [0.3, 0.4) is 0 Å². The molecule has 0 radical (unpaired) electrons. The third-order valence-electron chi connectivity index (χ3n) is 5.54. The summed E-state index contributed by atoms with van der Waals surface area (Å²) in [4.78, 5) is 18.8. The van der Waals surface area contributed by atoms with Gasteiger partial charge in [-0.25, -0.2) is 0 Å². The number of nitrogens with zero attached hydrogens (tertiary/aromatic N) is 2. The average Bonchev–Trinajstić information content (AvgIpc) is 3.45. The highest BCUT2D eigenvalue weighted by Crippen LogP contribution is 2.32. The Balaban J connectivity index is 0.00000363. The van der Waals surface area contributed by atoms with Gasteiger partial charge in [-0.3, -0.25) is 9.79 Å². The fourth-order valence-corrected chi connectivity index (χ4v) is 3.80. The molecule has 2 aromatic rings. The Morgan fingerprint density at radius 2 is 1.88 bits per heavy atom. The van der Waals surface area contributed by atoms with E-state index in [1.807, 2.05) is 13.0 Å². The van der Waals surface area contributed by atoms with E-state index in [1.165, 1.54) is 11.8 Å². The van der Waals surface area contributed by atoms with Gasteiger partial charge in [-0.1, -0.05) is 0 Å². The van der Waals surface area contributed by atoms with Gasteiger partial charge in [0.05, 0.1) is 20.5 Å². The van der Waals surface area contributed by atoms with Gasteiger partial charge in [0.25, 0.3) is 5.91 Å². The monoisotopic (exact) mass is 556 g/mol. The molecule has 176 valence electrons. The number of methoxy groups -OCH3 is 2. The molecular weight excluding hydrogens is 523 g/mol. The first-order valence-corrected chi connectivity index (χ1v) is 10.6. The molecule has 1 aliphatic rings. The lowest BCUT2D eigenvalue weighted by atomic mass is 9.98. The van der Waals surface area contributed by atoms with Gasteiger partial charge >= 0.3 is 0 Å². The summed E-state index contributed by atoms with van der Waals surface area (Å²) in [6.07, 6.45) is 3.35. The van der Waals surface area contributed by atoms with Crippen LogP contribution in [-0.2, 0) is 0 Å². The summed E-state index contributed by atoms with van der Waals surface area (Å²) in [7, 11) is 5.14. The molecule has 0 spiro atoms. The minimum Gasteiger partial charge on any atom is -0.497 e. The molecule has 2 N–H and O–H groups in total. The van der Waals surface area contributed by atoms with Gasteiger partial charge in [0.2, 0.25) is 0 Å². The van der Waals surface area contributed by atoms with Crippen LogP contribution in [-0.4, -0.2) is 64.2 Å². The summed E-state index contributed by atoms with van der Waals surface area (Å²) in [5.41, 5.74) is 2.05. The smallest absolute Gasteiger partial charge is 0.287 e. The van der Waals surface area contributed by atoms with Crippen molar-refractivity contribution in [3.63, 3.8) is 0 Å². The molecule has 0 aliphatic carbocycles. The average molecular weight is 556 g/mol. The number of nitrogens with one attached hydrogen (secondary N) is 2. The highest BCUT2D eigenvalue weighted by molar-refractivity contribution is 14.0. The minimum absolute atomic E-state index is 0. The number of halogens is 1. The van der Waals surface area contributed by atoms with Gasteiger partial charge in [0.15, 0.2) is 11.7 Å². The van der Waals surface area contributed by atoms with E-state index < -0.39 is 0 Å². The van der Waals surface area contributed by atoms with E-state index in [4.69, 9.17) is 13.9 Å². The summed E-state index contributed by atoms with van der Waals surface area (Å²) >= 11 is 0. The molecule has 1 aliphatic heterocycles. The van der Waals surface area contributed by atoms with Gasteiger partial charge in [-0.15, -0.1) is 24.0 Å². The molecule has 8 nitrogen and oxygen atoms in total. The van der Waals surface area contributed by atoms with Crippen molar-refractivity contribution in [1.82, 2.24) is 15.5 Å². The number of rotatable bonds is 8. The van der Waals surface area contributed by atoms with E-state index in [-0.39, 0.29) is 29.9 Å². The van der Waals surface area contributed by atoms with Crippen LogP contribution in [0.25, 0.3) is 0 Å². The molecule has 2 heterocycles. The van der Waals surface area contributed by atoms with E-state index in [9.17, 15) is 4.79 Å². The standard InChI is InChI=1S/C23H32N4O4.HI/c1-16-7-11-31-21(16)22(28)25-8-5-9-26-23(24-2)27-10-6-17(15-27)18-12-19(29-3)14-20(13-18)30-4;/h7,11-14,17H,5-6,8-10,15H2,1-4H3,(H,24,26)(H,25,28);1H. The van der Waals surface area contributed by atoms with Gasteiger partial charge < -0.3 is 29.4 Å². The summed E-state index contributed by atoms with van der Waals surface area (Å²) in [5, 5.41) is 6.29. The van der Waals surface area contributed by atoms with Crippen LogP contribution in [0, 0.1) is 6.92 Å². The summed E-state index contributed by atoms with van der Waals surface area (Å²) in [5.74, 6) is 3.08. The zero-order valence-corrected chi connectivity index (χ0v) is 21.5. The van der Waals surface area contributed by atoms with Crippen LogP contribution in [0.15, 0.2) is 39.9 Å². The number of aryl methyl sites for hydroxylation is 1. The third kappa shape index (κ3) is 6.54. The van der Waals surface area contributed by atoms with Crippen molar-refractivity contribution >= 4 is 35.8 Å². The van der Waals surface area contributed by atoms with E-state index in [1.54, 1.807) is 27.3 Å². The molecule has 1 aromatic carbocycles. The van der Waals surface area contributed by atoms with Crippen LogP contribution in [0.2, 0.25) is 0 Å². The lowest BCUT2D eigenvalue weighted by molar-refractivity contribution is 0.0925. The number of carbonyl (C=O) groups excluding carboxylic acids is 1. The van der Waals surface area contributed by atoms with Crippen molar-refractivity contribution in [3.8, 4) is 11.5 Å². The number of amides is 1. The third-order valence-corrected chi connectivity index (χ3v) is 5.54. The maximum absolute atomic E-state index is 12.1. The van der Waals surface area contributed by atoms with Crippen LogP contribution in [0.5, 0.6) is 11.5 Å². The number of benzene rings is 1. The molecule has 1 fully saturated rings. The number of aliphatic imine (C=N–C) groups is 1. The van der Waals surface area contributed by atoms with Crippen molar-refractivity contribution in [2.75, 3.05) is 47.4 Å². The number of likely N-dealkylation sites (tertiary alicyclic amines) is 1. The number of furan rings is 1. The molecule has 0 bridgehead atoms. The SMILES string of the molecule is CN=C(NCCCNC(=O)c1occc1C)N1CCC(c2cc(OC)cc(OC)c2)C1.I. The van der Waals surface area contributed by atoms with E-state index in [2.05, 4.69) is 32.7 Å². The predicted molar refractivity (Wildman–Crippen MR) is 136 cm³/mol. The van der Waals surface area contributed by atoms with Crippen molar-refractivity contribution in [2.45, 2.75) is 25.7 Å². The van der Waals surface area contributed by atoms with E-state index in [0.29, 0.717) is 18.2 Å². The highest BCUT2D eigenvalue weighted by atomic mass is 127. The molecule has 0 saturated carbocycles. The van der Waals surface area contributed by atoms with Gasteiger partial charge in [-0.2, -0.15) is 0 Å². The van der Waals surface area contributed by atoms with Crippen LogP contribution in [0.4, 0.5) is 0 Å². The lowest BCUT2D eigenvalue weighted by Crippen LogP contribution is -2.41. The molecule has 1 aromatic heterocycles. The molecule has 3 rings (SSSR count). The van der Waals surface area contributed by atoms with E-state index >= 15 is 0 Å². The Morgan fingerprint density at radius 3 is 2.47 bits per heavy atom. The first-order chi connectivity index (χ1) is 15.0. The molecule has 9 heteroatoms. The first kappa shape index (κ1) is 25.8. The van der Waals surface area contributed by atoms with Gasteiger partial charge in [0, 0.05) is 50.8 Å². The summed E-state index contributed by atoms with van der Waals surface area (Å²) < 4.78 is 16.0. The van der Waals surface area contributed by atoms with Crippen LogP contribution >= 0.6 is 24.0 Å². The van der Waals surface area contributed by atoms with Crippen molar-refractivity contribution in [2.24, 2.45) is 4.99 Å². The Bertz CT molecular complexity index is 893. The molecule has 1 atom stereocenters. The van der Waals surface area contributed by atoms with Crippen LogP contribution in [0.1, 0.15) is 40.4 Å². The van der Waals surface area contributed by atoms with Gasteiger partial charge in [-0.05, 0) is 43.5 Å². The number of hydrogen-bond acceptors (Lipinski definition) is 5. The second kappa shape index (κ2) is 12.6. The largest absolute Gasteiger partial charge is 0.497 e. The predicted octanol–water partition coefficient (Wildman–Crippen LogP) is 3.41. The fraction of sp³-hybridized carbons (Fsp3) is 0.478. The lowest BCUT2D eigenvalue weighted by Gasteiger charge is -2.22. The Labute approximate surface area is 206 Å². The normalized spacial score (nSPS) is 15.8. The van der Waals surface area contributed by atoms with Crippen molar-refractivity contribution in [3.05, 3.63) is 47.4 Å². The Morgan fingerprint density at radius 1 is 1.19 bits per heavy atom. The molecular formula is C23H33IN4O4. The highest BCUT2D eigenvalue weighted by Gasteiger charge is 2.26. The zero-order chi connectivity index (χ0) is 22.2. The maximum Gasteiger partial charge on any atom is 0.287 e. The van der Waals surface area contributed by atoms with Gasteiger partial charge in [0.1, 0.15) is 11.5 Å². The zero-order valence-electron chi connectivity index (χ0n) is 19.1.